The van der Waals surface area contributed by atoms with Crippen molar-refractivity contribution in [2.24, 2.45) is 5.73 Å². The van der Waals surface area contributed by atoms with E-state index in [0.717, 1.165) is 27.7 Å². The van der Waals surface area contributed by atoms with Crippen molar-refractivity contribution in [3.8, 4) is 11.5 Å². The minimum atomic E-state index is 0.464. The van der Waals surface area contributed by atoms with Crippen LogP contribution in [0, 0.1) is 6.92 Å². The first-order valence-electron chi connectivity index (χ1n) is 5.71. The number of hydrogen-bond donors (Lipinski definition) is 1. The van der Waals surface area contributed by atoms with E-state index >= 15 is 0 Å². The van der Waals surface area contributed by atoms with Gasteiger partial charge in [-0.05, 0) is 37.4 Å². The molecule has 0 aliphatic rings. The van der Waals surface area contributed by atoms with Crippen LogP contribution in [0.4, 0.5) is 0 Å². The Morgan fingerprint density at radius 2 is 2.11 bits per heavy atom. The van der Waals surface area contributed by atoms with Crippen LogP contribution in [0.25, 0.3) is 0 Å². The van der Waals surface area contributed by atoms with Crippen molar-refractivity contribution in [1.29, 1.82) is 0 Å². The molecular formula is C14H16N2OS. The second-order valence-electron chi connectivity index (χ2n) is 3.88. The zero-order valence-corrected chi connectivity index (χ0v) is 11.3. The molecule has 0 saturated heterocycles. The number of thioether (sulfide) groups is 1. The largest absolute Gasteiger partial charge is 0.455 e. The van der Waals surface area contributed by atoms with Gasteiger partial charge in [0.1, 0.15) is 11.5 Å². The molecule has 0 unspecified atom stereocenters. The van der Waals surface area contributed by atoms with Gasteiger partial charge >= 0.3 is 0 Å². The summed E-state index contributed by atoms with van der Waals surface area (Å²) in [5.41, 5.74) is 7.80. The maximum atomic E-state index is 5.84. The Kier molecular flexibility index (Phi) is 4.23. The molecule has 0 atom stereocenters. The van der Waals surface area contributed by atoms with Crippen molar-refractivity contribution < 1.29 is 4.74 Å². The molecule has 3 nitrogen and oxygen atoms in total. The minimum absolute atomic E-state index is 0.464. The van der Waals surface area contributed by atoms with E-state index in [1.54, 1.807) is 18.0 Å². The molecule has 1 heterocycles. The van der Waals surface area contributed by atoms with E-state index in [-0.39, 0.29) is 0 Å². The number of benzene rings is 1. The average molecular weight is 260 g/mol. The Morgan fingerprint density at radius 1 is 1.28 bits per heavy atom. The Hall–Kier alpha value is -1.52. The van der Waals surface area contributed by atoms with Crippen LogP contribution in [0.5, 0.6) is 11.5 Å². The third-order valence-electron chi connectivity index (χ3n) is 2.63. The van der Waals surface area contributed by atoms with Crippen LogP contribution in [0.3, 0.4) is 0 Å². The Labute approximate surface area is 111 Å². The normalized spacial score (nSPS) is 10.4. The van der Waals surface area contributed by atoms with Gasteiger partial charge in [-0.25, -0.2) is 0 Å². The van der Waals surface area contributed by atoms with Gasteiger partial charge in [-0.2, -0.15) is 0 Å². The number of aromatic nitrogens is 1. The lowest BCUT2D eigenvalue weighted by atomic mass is 10.2. The van der Waals surface area contributed by atoms with E-state index in [0.29, 0.717) is 6.54 Å². The van der Waals surface area contributed by atoms with Crippen LogP contribution in [0.15, 0.2) is 41.4 Å². The van der Waals surface area contributed by atoms with E-state index in [2.05, 4.69) is 4.98 Å². The number of pyridine rings is 1. The van der Waals surface area contributed by atoms with E-state index in [4.69, 9.17) is 10.5 Å². The molecule has 0 aliphatic heterocycles. The van der Waals surface area contributed by atoms with Crippen LogP contribution in [0.1, 0.15) is 11.3 Å². The van der Waals surface area contributed by atoms with Crippen LogP contribution in [-0.2, 0) is 6.54 Å². The van der Waals surface area contributed by atoms with Crippen molar-refractivity contribution in [3.63, 3.8) is 0 Å². The van der Waals surface area contributed by atoms with E-state index in [9.17, 15) is 0 Å². The van der Waals surface area contributed by atoms with Crippen molar-refractivity contribution in [2.75, 3.05) is 6.26 Å². The van der Waals surface area contributed by atoms with Crippen molar-refractivity contribution >= 4 is 11.8 Å². The molecule has 2 aromatic rings. The predicted molar refractivity (Wildman–Crippen MR) is 75.2 cm³/mol. The fourth-order valence-corrected chi connectivity index (χ4v) is 2.32. The van der Waals surface area contributed by atoms with Crippen molar-refractivity contribution in [3.05, 3.63) is 47.8 Å². The van der Waals surface area contributed by atoms with Gasteiger partial charge in [-0.1, -0.05) is 6.07 Å². The Morgan fingerprint density at radius 3 is 2.72 bits per heavy atom. The second kappa shape index (κ2) is 5.89. The topological polar surface area (TPSA) is 48.1 Å². The number of nitrogens with two attached hydrogens (primary N) is 1. The number of hydrogen-bond acceptors (Lipinski definition) is 4. The Bertz CT molecular complexity index is 526. The fraction of sp³-hybridized carbons (Fsp3) is 0.214. The molecule has 2 rings (SSSR count). The molecule has 0 saturated carbocycles. The average Bonchev–Trinajstić information content (AvgIpc) is 2.41. The minimum Gasteiger partial charge on any atom is -0.455 e. The first-order chi connectivity index (χ1) is 8.74. The molecule has 0 amide bonds. The molecule has 0 spiro atoms. The lowest BCUT2D eigenvalue weighted by Crippen LogP contribution is -2.01. The highest BCUT2D eigenvalue weighted by Crippen LogP contribution is 2.31. The monoisotopic (exact) mass is 260 g/mol. The van der Waals surface area contributed by atoms with Gasteiger partial charge in [-0.3, -0.25) is 4.98 Å². The van der Waals surface area contributed by atoms with Crippen LogP contribution >= 0.6 is 11.8 Å². The van der Waals surface area contributed by atoms with E-state index in [1.165, 1.54) is 0 Å². The van der Waals surface area contributed by atoms with Crippen LogP contribution in [0.2, 0.25) is 0 Å². The predicted octanol–water partition coefficient (Wildman–Crippen LogP) is 3.36. The number of aryl methyl sites for hydroxylation is 1. The number of nitrogens with zero attached hydrogens (tertiary/aromatic N) is 1. The second-order valence-corrected chi connectivity index (χ2v) is 4.73. The number of rotatable bonds is 4. The zero-order valence-electron chi connectivity index (χ0n) is 10.5. The van der Waals surface area contributed by atoms with Gasteiger partial charge in [0.25, 0.3) is 0 Å². The van der Waals surface area contributed by atoms with E-state index in [1.807, 2.05) is 43.5 Å². The van der Waals surface area contributed by atoms with Gasteiger partial charge in [0.05, 0.1) is 6.20 Å². The summed E-state index contributed by atoms with van der Waals surface area (Å²) in [7, 11) is 0. The van der Waals surface area contributed by atoms with Crippen molar-refractivity contribution in [1.82, 2.24) is 4.98 Å². The molecule has 0 fully saturated rings. The Balaban J connectivity index is 2.31. The molecule has 0 radical (unpaired) electrons. The summed E-state index contributed by atoms with van der Waals surface area (Å²) >= 11 is 1.67. The van der Waals surface area contributed by atoms with Crippen molar-refractivity contribution in [2.45, 2.75) is 18.4 Å². The van der Waals surface area contributed by atoms with E-state index < -0.39 is 0 Å². The summed E-state index contributed by atoms with van der Waals surface area (Å²) in [4.78, 5) is 5.36. The summed E-state index contributed by atoms with van der Waals surface area (Å²) in [5.74, 6) is 1.53. The maximum absolute atomic E-state index is 5.84. The lowest BCUT2D eigenvalue weighted by Gasteiger charge is -2.12. The summed E-state index contributed by atoms with van der Waals surface area (Å²) in [6, 6.07) is 9.79. The van der Waals surface area contributed by atoms with Crippen LogP contribution < -0.4 is 10.5 Å². The quantitative estimate of drug-likeness (QED) is 0.856. The SMILES string of the molecule is CSc1cccc(Oc2ccc(C)nc2)c1CN. The smallest absolute Gasteiger partial charge is 0.145 e. The summed E-state index contributed by atoms with van der Waals surface area (Å²) in [5, 5.41) is 0. The van der Waals surface area contributed by atoms with Gasteiger partial charge in [0.2, 0.25) is 0 Å². The van der Waals surface area contributed by atoms with Gasteiger partial charge < -0.3 is 10.5 Å². The molecule has 1 aromatic heterocycles. The molecule has 2 N–H and O–H groups in total. The first-order valence-corrected chi connectivity index (χ1v) is 6.93. The highest BCUT2D eigenvalue weighted by molar-refractivity contribution is 7.98. The van der Waals surface area contributed by atoms with Gasteiger partial charge in [0.15, 0.2) is 0 Å². The highest BCUT2D eigenvalue weighted by Gasteiger charge is 2.08. The summed E-state index contributed by atoms with van der Waals surface area (Å²) in [6.07, 6.45) is 3.76. The molecule has 1 aromatic carbocycles. The standard InChI is InChI=1S/C14H16N2OS/c1-10-6-7-11(9-16-10)17-13-4-3-5-14(18-2)12(13)8-15/h3-7,9H,8,15H2,1-2H3. The molecule has 0 aliphatic carbocycles. The molecule has 94 valence electrons. The summed E-state index contributed by atoms with van der Waals surface area (Å²) < 4.78 is 5.84. The maximum Gasteiger partial charge on any atom is 0.145 e. The highest BCUT2D eigenvalue weighted by atomic mass is 32.2. The van der Waals surface area contributed by atoms with Gasteiger partial charge in [0, 0.05) is 22.7 Å². The first kappa shape index (κ1) is 12.9. The molecular weight excluding hydrogens is 244 g/mol. The zero-order chi connectivity index (χ0) is 13.0. The molecule has 4 heteroatoms. The third kappa shape index (κ3) is 2.83. The number of ether oxygens (including phenoxy) is 1. The van der Waals surface area contributed by atoms with Crippen LogP contribution in [-0.4, -0.2) is 11.2 Å². The lowest BCUT2D eigenvalue weighted by molar-refractivity contribution is 0.471. The molecule has 0 bridgehead atoms. The van der Waals surface area contributed by atoms with Gasteiger partial charge in [-0.15, -0.1) is 11.8 Å². The summed E-state index contributed by atoms with van der Waals surface area (Å²) in [6.45, 7) is 2.41. The molecule has 18 heavy (non-hydrogen) atoms. The third-order valence-corrected chi connectivity index (χ3v) is 3.45. The fourth-order valence-electron chi connectivity index (χ4n) is 1.68.